The first-order valence-electron chi connectivity index (χ1n) is 7.51. The van der Waals surface area contributed by atoms with Crippen molar-refractivity contribution in [2.45, 2.75) is 59.4 Å². The second kappa shape index (κ2) is 7.94. The van der Waals surface area contributed by atoms with Crippen molar-refractivity contribution in [2.24, 2.45) is 0 Å². The first kappa shape index (κ1) is 21.1. The van der Waals surface area contributed by atoms with Crippen molar-refractivity contribution in [1.82, 2.24) is 9.97 Å². The van der Waals surface area contributed by atoms with E-state index in [0.29, 0.717) is 0 Å². The van der Waals surface area contributed by atoms with Crippen molar-refractivity contribution in [2.75, 3.05) is 0 Å². The number of nitrogens with zero attached hydrogens (tertiary/aromatic N) is 3. The third kappa shape index (κ3) is 6.44. The molecule has 0 saturated heterocycles. The minimum absolute atomic E-state index is 0.0179. The molecule has 0 unspecified atom stereocenters. The molecule has 136 valence electrons. The van der Waals surface area contributed by atoms with E-state index in [1.807, 2.05) is 6.07 Å². The van der Waals surface area contributed by atoms with Gasteiger partial charge in [0.25, 0.3) is 0 Å². The summed E-state index contributed by atoms with van der Waals surface area (Å²) in [6.07, 6.45) is 1.23. The van der Waals surface area contributed by atoms with Gasteiger partial charge >= 0.3 is 151 Å². The van der Waals surface area contributed by atoms with Gasteiger partial charge in [0, 0.05) is 0 Å². The zero-order chi connectivity index (χ0) is 19.4. The molecule has 25 heavy (non-hydrogen) atoms. The zero-order valence-corrected chi connectivity index (χ0v) is 17.0. The number of hydrogen-bond donors (Lipinski definition) is 1. The van der Waals surface area contributed by atoms with Crippen LogP contribution in [0.25, 0.3) is 0 Å². The Morgan fingerprint density at radius 1 is 1.16 bits per heavy atom. The van der Waals surface area contributed by atoms with Gasteiger partial charge in [0.15, 0.2) is 0 Å². The molecule has 0 aliphatic carbocycles. The number of rotatable bonds is 4. The summed E-state index contributed by atoms with van der Waals surface area (Å²) in [5.74, 6) is 0. The van der Waals surface area contributed by atoms with E-state index in [-0.39, 0.29) is 15.9 Å². The third-order valence-electron chi connectivity index (χ3n) is 2.43. The molecule has 0 bridgehead atoms. The molecule has 8 nitrogen and oxygen atoms in total. The van der Waals surface area contributed by atoms with Crippen molar-refractivity contribution < 1.29 is 24.2 Å². The molecule has 1 aromatic rings. The van der Waals surface area contributed by atoms with Crippen LogP contribution in [0.5, 0.6) is 0 Å². The summed E-state index contributed by atoms with van der Waals surface area (Å²) < 4.78 is 9.19. The second-order valence-corrected chi connectivity index (χ2v) is 10.9. The third-order valence-corrected chi connectivity index (χ3v) is 5.93. The number of carbonyl (C=O) groups is 2. The molecule has 1 heterocycles. The fourth-order valence-electron chi connectivity index (χ4n) is 1.60. The van der Waals surface area contributed by atoms with Crippen LogP contribution < -0.4 is 4.48 Å². The molecule has 1 aromatic heterocycles. The summed E-state index contributed by atoms with van der Waals surface area (Å²) in [7, 11) is 0. The van der Waals surface area contributed by atoms with Gasteiger partial charge in [-0.25, -0.2) is 0 Å². The van der Waals surface area contributed by atoms with Crippen LogP contribution >= 0.6 is 0 Å². The van der Waals surface area contributed by atoms with Crippen molar-refractivity contribution in [3.05, 3.63) is 17.6 Å². The first-order chi connectivity index (χ1) is 11.4. The number of ether oxygens (including phenoxy) is 2. The van der Waals surface area contributed by atoms with E-state index in [1.165, 1.54) is 6.20 Å². The van der Waals surface area contributed by atoms with Gasteiger partial charge in [-0.1, -0.05) is 0 Å². The van der Waals surface area contributed by atoms with Gasteiger partial charge in [-0.15, -0.1) is 0 Å². The van der Waals surface area contributed by atoms with E-state index in [0.717, 1.165) is 0 Å². The molecule has 0 amide bonds. The van der Waals surface area contributed by atoms with Crippen LogP contribution in [0.15, 0.2) is 6.20 Å². The molecule has 0 atom stereocenters. The van der Waals surface area contributed by atoms with Gasteiger partial charge in [0.1, 0.15) is 0 Å². The van der Waals surface area contributed by atoms with Crippen molar-refractivity contribution >= 4 is 28.6 Å². The first-order valence-corrected chi connectivity index (χ1v) is 10.3. The van der Waals surface area contributed by atoms with Gasteiger partial charge in [0.05, 0.1) is 0 Å². The molecular weight excluding hydrogens is 389 g/mol. The van der Waals surface area contributed by atoms with Crippen LogP contribution in [0, 0.1) is 11.3 Å². The van der Waals surface area contributed by atoms with E-state index in [9.17, 15) is 14.9 Å². The summed E-state index contributed by atoms with van der Waals surface area (Å²) in [5.41, 5.74) is -1.62. The van der Waals surface area contributed by atoms with Gasteiger partial charge in [-0.05, 0) is 0 Å². The van der Waals surface area contributed by atoms with E-state index in [1.54, 1.807) is 41.5 Å². The maximum absolute atomic E-state index is 12.6. The average molecular weight is 411 g/mol. The van der Waals surface area contributed by atoms with Crippen LogP contribution in [0.4, 0.5) is 9.59 Å². The molecule has 0 saturated carbocycles. The number of aliphatic hydroxyl groups excluding tert-OH is 1. The standard InChI is InChI=1S/C16H22AsN3O5/c1-15(2,3)24-13(22)17(14(23)25-16(4,5)6)12-11(7-18)20-10(9-21)8-19-12/h8,21H,9H2,1-6H3. The van der Waals surface area contributed by atoms with Crippen molar-refractivity contribution in [3.8, 4) is 6.07 Å². The molecule has 0 aliphatic heterocycles. The quantitative estimate of drug-likeness (QED) is 0.741. The van der Waals surface area contributed by atoms with Crippen LogP contribution in [0.2, 0.25) is 0 Å². The predicted octanol–water partition coefficient (Wildman–Crippen LogP) is 1.58. The Balaban J connectivity index is 3.39. The Morgan fingerprint density at radius 2 is 1.64 bits per heavy atom. The van der Waals surface area contributed by atoms with Crippen LogP contribution in [0.1, 0.15) is 52.9 Å². The van der Waals surface area contributed by atoms with E-state index in [2.05, 4.69) is 9.97 Å². The van der Waals surface area contributed by atoms with Crippen LogP contribution in [0.3, 0.4) is 0 Å². The monoisotopic (exact) mass is 411 g/mol. The number of aromatic nitrogens is 2. The molecule has 1 rings (SSSR count). The summed E-state index contributed by atoms with van der Waals surface area (Å²) >= 11 is -3.35. The topological polar surface area (TPSA) is 122 Å². The summed E-state index contributed by atoms with van der Waals surface area (Å²) in [5, 5.41) is 18.4. The Kier molecular flexibility index (Phi) is 6.69. The average Bonchev–Trinajstić information content (AvgIpc) is 2.43. The van der Waals surface area contributed by atoms with Gasteiger partial charge in [-0.2, -0.15) is 0 Å². The Bertz CT molecular complexity index is 673. The molecule has 0 aliphatic rings. The van der Waals surface area contributed by atoms with Crippen LogP contribution in [-0.4, -0.2) is 50.4 Å². The number of nitriles is 1. The molecule has 0 radical (unpaired) electrons. The molecular formula is C16H22AsN3O5. The van der Waals surface area contributed by atoms with E-state index >= 15 is 0 Å². The predicted molar refractivity (Wildman–Crippen MR) is 90.5 cm³/mol. The molecule has 0 aromatic carbocycles. The van der Waals surface area contributed by atoms with Crippen molar-refractivity contribution in [3.63, 3.8) is 0 Å². The Hall–Kier alpha value is -1.97. The van der Waals surface area contributed by atoms with Gasteiger partial charge < -0.3 is 0 Å². The fraction of sp³-hybridized carbons (Fsp3) is 0.562. The summed E-state index contributed by atoms with van der Waals surface area (Å²) in [4.78, 5) is 33.2. The fourth-order valence-corrected chi connectivity index (χ4v) is 5.18. The Labute approximate surface area is 151 Å². The Morgan fingerprint density at radius 3 is 2.00 bits per heavy atom. The van der Waals surface area contributed by atoms with E-state index in [4.69, 9.17) is 14.6 Å². The molecule has 1 N–H and O–H groups in total. The summed E-state index contributed by atoms with van der Waals surface area (Å²) in [6.45, 7) is 9.66. The van der Waals surface area contributed by atoms with Crippen molar-refractivity contribution in [1.29, 1.82) is 5.26 Å². The van der Waals surface area contributed by atoms with E-state index < -0.39 is 42.0 Å². The SMILES string of the molecule is CC(C)(C)OC(=O)[As](C(=O)OC(C)(C)C)c1ncc(CO)nc1C#N. The summed E-state index contributed by atoms with van der Waals surface area (Å²) in [6, 6.07) is 1.82. The number of hydrogen-bond acceptors (Lipinski definition) is 8. The minimum atomic E-state index is -3.35. The number of aliphatic hydroxyl groups is 1. The molecule has 0 fully saturated rings. The maximum atomic E-state index is 12.6. The molecule has 9 heteroatoms. The van der Waals surface area contributed by atoms with Crippen LogP contribution in [-0.2, 0) is 16.1 Å². The normalized spacial score (nSPS) is 11.8. The van der Waals surface area contributed by atoms with Gasteiger partial charge in [-0.3, -0.25) is 0 Å². The zero-order valence-electron chi connectivity index (χ0n) is 15.2. The molecule has 0 spiro atoms. The second-order valence-electron chi connectivity index (χ2n) is 7.10. The van der Waals surface area contributed by atoms with Gasteiger partial charge in [0.2, 0.25) is 0 Å². The number of carbonyl (C=O) groups excluding carboxylic acids is 2.